The number of amides is 1. The van der Waals surface area contributed by atoms with Crippen LogP contribution in [0.3, 0.4) is 0 Å². The smallest absolute Gasteiger partial charge is 0.326 e. The van der Waals surface area contributed by atoms with Crippen molar-refractivity contribution in [3.8, 4) is 0 Å². The van der Waals surface area contributed by atoms with Crippen LogP contribution in [0.4, 0.5) is 0 Å². The Morgan fingerprint density at radius 1 is 1.39 bits per heavy atom. The zero-order valence-electron chi connectivity index (χ0n) is 9.06. The van der Waals surface area contributed by atoms with Crippen molar-refractivity contribution in [1.29, 1.82) is 0 Å². The third-order valence-electron chi connectivity index (χ3n) is 2.05. The molecule has 0 aliphatic heterocycles. The van der Waals surface area contributed by atoms with Crippen molar-refractivity contribution in [3.63, 3.8) is 0 Å². The predicted octanol–water partition coefficient (Wildman–Crippen LogP) is 0.954. The third-order valence-corrected chi connectivity index (χ3v) is 2.56. The Morgan fingerprint density at radius 3 is 2.61 bits per heavy atom. The molecule has 0 bridgehead atoms. The zero-order chi connectivity index (χ0) is 13.7. The largest absolute Gasteiger partial charge is 0.480 e. The topological polar surface area (TPSA) is 99.5 Å². The number of aromatic nitrogens is 1. The lowest BCUT2D eigenvalue weighted by atomic mass is 10.2. The summed E-state index contributed by atoms with van der Waals surface area (Å²) in [5, 5.41) is 19.8. The maximum atomic E-state index is 11.7. The van der Waals surface area contributed by atoms with Crippen LogP contribution in [0.1, 0.15) is 16.9 Å². The van der Waals surface area contributed by atoms with Crippen LogP contribution in [-0.4, -0.2) is 39.7 Å². The summed E-state index contributed by atoms with van der Waals surface area (Å²) in [6, 6.07) is 1.58. The van der Waals surface area contributed by atoms with Crippen molar-refractivity contribution in [3.05, 3.63) is 28.0 Å². The molecule has 8 heteroatoms. The number of hydrogen-bond acceptors (Lipinski definition) is 4. The van der Waals surface area contributed by atoms with Gasteiger partial charge in [-0.15, -0.1) is 0 Å². The summed E-state index contributed by atoms with van der Waals surface area (Å²) in [6.45, 7) is -0.367. The van der Waals surface area contributed by atoms with Gasteiger partial charge in [0.05, 0.1) is 5.02 Å². The van der Waals surface area contributed by atoms with Crippen LogP contribution < -0.4 is 5.32 Å². The molecule has 0 radical (unpaired) electrons. The Bertz CT molecular complexity index is 467. The fourth-order valence-electron chi connectivity index (χ4n) is 1.19. The van der Waals surface area contributed by atoms with Crippen molar-refractivity contribution in [2.24, 2.45) is 0 Å². The van der Waals surface area contributed by atoms with E-state index in [0.717, 1.165) is 0 Å². The van der Waals surface area contributed by atoms with Crippen molar-refractivity contribution in [2.75, 3.05) is 6.61 Å². The maximum Gasteiger partial charge on any atom is 0.326 e. The van der Waals surface area contributed by atoms with Gasteiger partial charge in [-0.1, -0.05) is 23.2 Å². The first-order valence-electron chi connectivity index (χ1n) is 4.92. The van der Waals surface area contributed by atoms with Crippen molar-refractivity contribution in [1.82, 2.24) is 10.3 Å². The summed E-state index contributed by atoms with van der Waals surface area (Å²) in [5.74, 6) is -2.01. The molecule has 0 aliphatic carbocycles. The van der Waals surface area contributed by atoms with E-state index < -0.39 is 17.9 Å². The summed E-state index contributed by atoms with van der Waals surface area (Å²) in [6.07, 6.45) is -0.112. The van der Waals surface area contributed by atoms with Crippen molar-refractivity contribution >= 4 is 35.1 Å². The molecule has 0 saturated carbocycles. The van der Waals surface area contributed by atoms with Crippen LogP contribution in [0.25, 0.3) is 0 Å². The molecule has 0 aliphatic rings. The van der Waals surface area contributed by atoms with Gasteiger partial charge in [0.1, 0.15) is 16.9 Å². The Kier molecular flexibility index (Phi) is 5.33. The highest BCUT2D eigenvalue weighted by Gasteiger charge is 2.22. The van der Waals surface area contributed by atoms with E-state index in [1.165, 1.54) is 12.1 Å². The first-order chi connectivity index (χ1) is 8.45. The number of nitrogens with zero attached hydrogens (tertiary/aromatic N) is 1. The second kappa shape index (κ2) is 6.53. The lowest BCUT2D eigenvalue weighted by Crippen LogP contribution is -2.41. The van der Waals surface area contributed by atoms with E-state index in [2.05, 4.69) is 10.3 Å². The molecule has 98 valence electrons. The van der Waals surface area contributed by atoms with Crippen LogP contribution >= 0.6 is 23.2 Å². The average molecular weight is 293 g/mol. The average Bonchev–Trinajstić information content (AvgIpc) is 2.31. The lowest BCUT2D eigenvalue weighted by molar-refractivity contribution is -0.139. The van der Waals surface area contributed by atoms with Crippen LogP contribution in [0, 0.1) is 0 Å². The molecular formula is C10H10Cl2N2O4. The highest BCUT2D eigenvalue weighted by atomic mass is 35.5. The summed E-state index contributed by atoms with van der Waals surface area (Å²) in [5.41, 5.74) is -0.159. The molecule has 0 aromatic carbocycles. The van der Waals surface area contributed by atoms with E-state index in [1.54, 1.807) is 0 Å². The fraction of sp³-hybridized carbons (Fsp3) is 0.300. The molecule has 0 saturated heterocycles. The summed E-state index contributed by atoms with van der Waals surface area (Å²) < 4.78 is 0. The number of aliphatic carboxylic acids is 1. The number of hydrogen-bond donors (Lipinski definition) is 3. The molecule has 0 spiro atoms. The van der Waals surface area contributed by atoms with Gasteiger partial charge in [0.15, 0.2) is 0 Å². The lowest BCUT2D eigenvalue weighted by Gasteiger charge is -2.13. The molecule has 6 nitrogen and oxygen atoms in total. The molecule has 1 rings (SSSR count). The minimum absolute atomic E-state index is 0.0602. The quantitative estimate of drug-likeness (QED) is 0.702. The predicted molar refractivity (Wildman–Crippen MR) is 64.8 cm³/mol. The van der Waals surface area contributed by atoms with Crippen LogP contribution in [0.15, 0.2) is 12.1 Å². The van der Waals surface area contributed by atoms with Gasteiger partial charge in [-0.3, -0.25) is 4.79 Å². The molecule has 1 amide bonds. The van der Waals surface area contributed by atoms with Gasteiger partial charge in [0.2, 0.25) is 0 Å². The number of carbonyl (C=O) groups excluding carboxylic acids is 1. The number of carboxylic acids is 1. The van der Waals surface area contributed by atoms with E-state index in [0.29, 0.717) is 0 Å². The van der Waals surface area contributed by atoms with E-state index >= 15 is 0 Å². The fourth-order valence-corrected chi connectivity index (χ4v) is 1.53. The monoisotopic (exact) mass is 292 g/mol. The van der Waals surface area contributed by atoms with Gasteiger partial charge < -0.3 is 15.5 Å². The Hall–Kier alpha value is -1.37. The van der Waals surface area contributed by atoms with Gasteiger partial charge >= 0.3 is 5.97 Å². The van der Waals surface area contributed by atoms with Gasteiger partial charge in [-0.2, -0.15) is 0 Å². The molecule has 1 aromatic heterocycles. The minimum atomic E-state index is -1.25. The third kappa shape index (κ3) is 3.83. The Balaban J connectivity index is 2.86. The van der Waals surface area contributed by atoms with E-state index in [9.17, 15) is 9.59 Å². The summed E-state index contributed by atoms with van der Waals surface area (Å²) in [4.78, 5) is 26.3. The van der Waals surface area contributed by atoms with E-state index in [1.807, 2.05) is 0 Å². The molecule has 0 fully saturated rings. The van der Waals surface area contributed by atoms with E-state index in [-0.39, 0.29) is 28.9 Å². The standard InChI is InChI=1S/C10H10Cl2N2O4/c11-5-1-2-7(12)14-8(5)9(16)13-6(3-4-15)10(17)18/h1-2,6,15H,3-4H2,(H,13,16)(H,17,18)/t6-/m0/s1. The maximum absolute atomic E-state index is 11.7. The second-order valence-electron chi connectivity index (χ2n) is 3.34. The molecule has 0 unspecified atom stereocenters. The normalized spacial score (nSPS) is 11.9. The Labute approximate surface area is 113 Å². The van der Waals surface area contributed by atoms with Gasteiger partial charge in [0.25, 0.3) is 5.91 Å². The van der Waals surface area contributed by atoms with Gasteiger partial charge in [-0.05, 0) is 12.1 Å². The molecule has 1 atom stereocenters. The van der Waals surface area contributed by atoms with Crippen LogP contribution in [0.2, 0.25) is 10.2 Å². The highest BCUT2D eigenvalue weighted by molar-refractivity contribution is 6.34. The second-order valence-corrected chi connectivity index (χ2v) is 4.14. The number of carbonyl (C=O) groups is 2. The number of aliphatic hydroxyl groups is 1. The number of carboxylic acid groups (broad SMARTS) is 1. The first-order valence-corrected chi connectivity index (χ1v) is 5.68. The summed E-state index contributed by atoms with van der Waals surface area (Å²) in [7, 11) is 0. The van der Waals surface area contributed by atoms with Crippen LogP contribution in [0.5, 0.6) is 0 Å². The molecule has 1 aromatic rings. The van der Waals surface area contributed by atoms with E-state index in [4.69, 9.17) is 33.4 Å². The zero-order valence-corrected chi connectivity index (χ0v) is 10.6. The number of pyridine rings is 1. The Morgan fingerprint density at radius 2 is 2.06 bits per heavy atom. The number of halogens is 2. The molecule has 18 heavy (non-hydrogen) atoms. The number of rotatable bonds is 5. The molecule has 1 heterocycles. The minimum Gasteiger partial charge on any atom is -0.480 e. The SMILES string of the molecule is O=C(N[C@@H](CCO)C(=O)O)c1nc(Cl)ccc1Cl. The van der Waals surface area contributed by atoms with Crippen LogP contribution in [-0.2, 0) is 4.79 Å². The van der Waals surface area contributed by atoms with Crippen molar-refractivity contribution < 1.29 is 19.8 Å². The number of nitrogens with one attached hydrogen (secondary N) is 1. The number of aliphatic hydroxyl groups excluding tert-OH is 1. The van der Waals surface area contributed by atoms with Gasteiger partial charge in [-0.25, -0.2) is 9.78 Å². The van der Waals surface area contributed by atoms with Crippen molar-refractivity contribution in [2.45, 2.75) is 12.5 Å². The summed E-state index contributed by atoms with van der Waals surface area (Å²) >= 11 is 11.4. The van der Waals surface area contributed by atoms with Gasteiger partial charge in [0, 0.05) is 13.0 Å². The first kappa shape index (κ1) is 14.7. The molecular weight excluding hydrogens is 283 g/mol. The highest BCUT2D eigenvalue weighted by Crippen LogP contribution is 2.16. The molecule has 3 N–H and O–H groups in total.